The number of carbonyl (C=O) groups is 1. The molecular weight excluding hydrogens is 213 g/mol. The number of aromatic amines is 1. The van der Waals surface area contributed by atoms with Crippen LogP contribution in [0.1, 0.15) is 10.5 Å². The summed E-state index contributed by atoms with van der Waals surface area (Å²) in [5, 5.41) is 9.93. The molecule has 0 saturated heterocycles. The molecule has 5 heteroatoms. The van der Waals surface area contributed by atoms with E-state index in [0.717, 1.165) is 0 Å². The molecule has 0 spiro atoms. The molecule has 0 saturated carbocycles. The Balaban J connectivity index is 2.40. The van der Waals surface area contributed by atoms with E-state index in [2.05, 4.69) is 4.98 Å². The molecule has 0 bridgehead atoms. The van der Waals surface area contributed by atoms with Crippen molar-refractivity contribution in [2.75, 3.05) is 0 Å². The van der Waals surface area contributed by atoms with Crippen LogP contribution in [0.5, 0.6) is 0 Å². The summed E-state index contributed by atoms with van der Waals surface area (Å²) in [6.07, 6.45) is 0. The summed E-state index contributed by atoms with van der Waals surface area (Å²) in [6.45, 7) is 0. The number of halogens is 1. The third kappa shape index (κ3) is 1.11. The fourth-order valence-corrected chi connectivity index (χ4v) is 1.74. The van der Waals surface area contributed by atoms with Gasteiger partial charge in [0.1, 0.15) is 17.1 Å². The van der Waals surface area contributed by atoms with Crippen molar-refractivity contribution in [2.45, 2.75) is 0 Å². The van der Waals surface area contributed by atoms with Crippen LogP contribution >= 0.6 is 0 Å². The molecule has 1 aromatic carbocycles. The van der Waals surface area contributed by atoms with E-state index in [1.54, 1.807) is 0 Å². The lowest BCUT2D eigenvalue weighted by atomic mass is 10.2. The van der Waals surface area contributed by atoms with Crippen LogP contribution < -0.4 is 0 Å². The van der Waals surface area contributed by atoms with Crippen LogP contribution in [-0.4, -0.2) is 16.1 Å². The summed E-state index contributed by atoms with van der Waals surface area (Å²) in [5.41, 5.74) is 0.900. The minimum absolute atomic E-state index is 0.0277. The second-order valence-corrected chi connectivity index (χ2v) is 3.47. The van der Waals surface area contributed by atoms with Crippen molar-refractivity contribution in [1.29, 1.82) is 0 Å². The number of carboxylic acids is 1. The van der Waals surface area contributed by atoms with Crippen molar-refractivity contribution >= 4 is 28.0 Å². The monoisotopic (exact) mass is 219 g/mol. The van der Waals surface area contributed by atoms with Crippen molar-refractivity contribution in [3.63, 3.8) is 0 Å². The average Bonchev–Trinajstić information content (AvgIpc) is 2.75. The Bertz CT molecular complexity index is 710. The predicted octanol–water partition coefficient (Wildman–Crippen LogP) is 2.75. The topological polar surface area (TPSA) is 66.2 Å². The van der Waals surface area contributed by atoms with Gasteiger partial charge in [-0.3, -0.25) is 0 Å². The van der Waals surface area contributed by atoms with E-state index in [1.165, 1.54) is 24.3 Å². The van der Waals surface area contributed by atoms with Gasteiger partial charge in [0.25, 0.3) is 0 Å². The number of carboxylic acid groups (broad SMARTS) is 1. The largest absolute Gasteiger partial charge is 0.477 e. The van der Waals surface area contributed by atoms with Gasteiger partial charge in [0, 0.05) is 10.8 Å². The zero-order chi connectivity index (χ0) is 11.3. The molecule has 2 aromatic heterocycles. The van der Waals surface area contributed by atoms with Crippen LogP contribution in [-0.2, 0) is 0 Å². The second-order valence-electron chi connectivity index (χ2n) is 3.47. The molecule has 0 unspecified atom stereocenters. The van der Waals surface area contributed by atoms with E-state index in [-0.39, 0.29) is 11.5 Å². The highest BCUT2D eigenvalue weighted by molar-refractivity contribution is 6.06. The third-order valence-electron chi connectivity index (χ3n) is 2.46. The van der Waals surface area contributed by atoms with Crippen molar-refractivity contribution < 1.29 is 18.7 Å². The quantitative estimate of drug-likeness (QED) is 0.661. The van der Waals surface area contributed by atoms with Gasteiger partial charge in [-0.1, -0.05) is 0 Å². The molecule has 2 N–H and O–H groups in total. The van der Waals surface area contributed by atoms with Crippen LogP contribution in [0.4, 0.5) is 4.39 Å². The van der Waals surface area contributed by atoms with Crippen LogP contribution in [0.3, 0.4) is 0 Å². The molecule has 0 aliphatic rings. The molecule has 0 aliphatic carbocycles. The van der Waals surface area contributed by atoms with Crippen molar-refractivity contribution in [3.05, 3.63) is 35.8 Å². The number of aromatic carboxylic acids is 1. The van der Waals surface area contributed by atoms with Crippen molar-refractivity contribution in [3.8, 4) is 0 Å². The van der Waals surface area contributed by atoms with Crippen molar-refractivity contribution in [2.24, 2.45) is 0 Å². The van der Waals surface area contributed by atoms with Gasteiger partial charge in [0.15, 0.2) is 0 Å². The van der Waals surface area contributed by atoms with E-state index in [4.69, 9.17) is 9.52 Å². The van der Waals surface area contributed by atoms with Gasteiger partial charge in [-0.15, -0.1) is 0 Å². The number of benzene rings is 1. The maximum atomic E-state index is 13.0. The molecule has 0 aliphatic heterocycles. The first-order valence-corrected chi connectivity index (χ1v) is 4.59. The molecule has 80 valence electrons. The SMILES string of the molecule is O=C(O)c1cc2c([nH]1)oc1ccc(F)cc12. The fourth-order valence-electron chi connectivity index (χ4n) is 1.74. The van der Waals surface area contributed by atoms with E-state index >= 15 is 0 Å². The number of fused-ring (bicyclic) bond motifs is 3. The number of H-pyrrole nitrogens is 1. The van der Waals surface area contributed by atoms with Gasteiger partial charge in [0.2, 0.25) is 5.71 Å². The lowest BCUT2D eigenvalue weighted by Crippen LogP contribution is -1.94. The third-order valence-corrected chi connectivity index (χ3v) is 2.46. The minimum Gasteiger partial charge on any atom is -0.477 e. The highest BCUT2D eigenvalue weighted by Crippen LogP contribution is 2.29. The van der Waals surface area contributed by atoms with Crippen LogP contribution in [0.25, 0.3) is 22.1 Å². The Morgan fingerprint density at radius 3 is 2.88 bits per heavy atom. The van der Waals surface area contributed by atoms with Crippen LogP contribution in [0.2, 0.25) is 0 Å². The Kier molecular flexibility index (Phi) is 1.60. The highest BCUT2D eigenvalue weighted by atomic mass is 19.1. The molecule has 0 amide bonds. The first-order chi connectivity index (χ1) is 7.65. The standard InChI is InChI=1S/C11H6FNO3/c12-5-1-2-9-6(3-5)7-4-8(11(14)15)13-10(7)16-9/h1-4,13H,(H,14,15). The van der Waals surface area contributed by atoms with Crippen LogP contribution in [0, 0.1) is 5.82 Å². The molecule has 0 fully saturated rings. The molecule has 0 radical (unpaired) electrons. The zero-order valence-corrected chi connectivity index (χ0v) is 7.95. The molecule has 16 heavy (non-hydrogen) atoms. The Morgan fingerprint density at radius 1 is 1.31 bits per heavy atom. The summed E-state index contributed by atoms with van der Waals surface area (Å²) in [7, 11) is 0. The molecule has 2 heterocycles. The van der Waals surface area contributed by atoms with E-state index in [1.807, 2.05) is 0 Å². The van der Waals surface area contributed by atoms with E-state index in [0.29, 0.717) is 22.1 Å². The van der Waals surface area contributed by atoms with E-state index < -0.39 is 5.97 Å². The maximum Gasteiger partial charge on any atom is 0.352 e. The van der Waals surface area contributed by atoms with Crippen molar-refractivity contribution in [1.82, 2.24) is 4.98 Å². The van der Waals surface area contributed by atoms with Gasteiger partial charge in [0.05, 0.1) is 0 Å². The summed E-state index contributed by atoms with van der Waals surface area (Å²) < 4.78 is 18.4. The van der Waals surface area contributed by atoms with Crippen LogP contribution in [0.15, 0.2) is 28.7 Å². The number of nitrogens with one attached hydrogen (secondary N) is 1. The summed E-state index contributed by atoms with van der Waals surface area (Å²) in [6, 6.07) is 5.56. The number of rotatable bonds is 1. The van der Waals surface area contributed by atoms with Gasteiger partial charge in [-0.25, -0.2) is 9.18 Å². The normalized spacial score (nSPS) is 11.3. The summed E-state index contributed by atoms with van der Waals surface area (Å²) in [4.78, 5) is 13.3. The Hall–Kier alpha value is -2.30. The lowest BCUT2D eigenvalue weighted by Gasteiger charge is -1.89. The predicted molar refractivity (Wildman–Crippen MR) is 55.0 cm³/mol. The first kappa shape index (κ1) is 8.96. The summed E-state index contributed by atoms with van der Waals surface area (Å²) in [5.74, 6) is -1.45. The fraction of sp³-hybridized carbons (Fsp3) is 0. The lowest BCUT2D eigenvalue weighted by molar-refractivity contribution is 0.0691. The van der Waals surface area contributed by atoms with Gasteiger partial charge in [-0.2, -0.15) is 0 Å². The highest BCUT2D eigenvalue weighted by Gasteiger charge is 2.14. The molecule has 3 rings (SSSR count). The molecule has 4 nitrogen and oxygen atoms in total. The number of aromatic nitrogens is 1. The number of furan rings is 1. The second kappa shape index (κ2) is 2.85. The molecule has 0 atom stereocenters. The first-order valence-electron chi connectivity index (χ1n) is 4.59. The molecule has 3 aromatic rings. The molecular formula is C11H6FNO3. The smallest absolute Gasteiger partial charge is 0.352 e. The maximum absolute atomic E-state index is 13.0. The van der Waals surface area contributed by atoms with E-state index in [9.17, 15) is 9.18 Å². The Labute approximate surface area is 88.3 Å². The van der Waals surface area contributed by atoms with Gasteiger partial charge in [-0.05, 0) is 24.3 Å². The minimum atomic E-state index is -1.07. The van der Waals surface area contributed by atoms with Gasteiger partial charge >= 0.3 is 5.97 Å². The average molecular weight is 219 g/mol. The summed E-state index contributed by atoms with van der Waals surface area (Å²) >= 11 is 0. The van der Waals surface area contributed by atoms with Gasteiger partial charge < -0.3 is 14.5 Å². The Morgan fingerprint density at radius 2 is 2.12 bits per heavy atom. The number of hydrogen-bond acceptors (Lipinski definition) is 2. The number of hydrogen-bond donors (Lipinski definition) is 2. The zero-order valence-electron chi connectivity index (χ0n) is 7.95.